The molecule has 63 heavy (non-hydrogen) atoms. The van der Waals surface area contributed by atoms with Crippen molar-refractivity contribution in [2.45, 2.75) is 0 Å². The van der Waals surface area contributed by atoms with Crippen molar-refractivity contribution in [2.24, 2.45) is 0 Å². The van der Waals surface area contributed by atoms with Gasteiger partial charge in [0.1, 0.15) is 0 Å². The first-order valence-electron chi connectivity index (χ1n) is 21.8. The van der Waals surface area contributed by atoms with Crippen LogP contribution in [-0.4, -0.2) is 17.2 Å². The molecule has 12 aromatic rings. The maximum Gasteiger partial charge on any atom is 0.180 e. The number of benzene rings is 10. The molecule has 12 rings (SSSR count). The predicted octanol–water partition coefficient (Wildman–Crippen LogP) is 12.6. The summed E-state index contributed by atoms with van der Waals surface area (Å²) in [6, 6.07) is 94.3. The Morgan fingerprint density at radius 2 is 0.746 bits per heavy atom. The molecule has 0 spiro atoms. The molecule has 0 aliphatic heterocycles. The van der Waals surface area contributed by atoms with Crippen molar-refractivity contribution < 1.29 is 0 Å². The van der Waals surface area contributed by atoms with Crippen LogP contribution in [-0.2, 0) is 0 Å². The van der Waals surface area contributed by atoms with Gasteiger partial charge in [0, 0.05) is 27.1 Å². The third-order valence-corrected chi connectivity index (χ3v) is 17.9. The fraction of sp³-hybridized carbons (Fsp3) is 0. The molecule has 2 heterocycles. The highest BCUT2D eigenvalue weighted by atomic mass is 28.3. The highest BCUT2D eigenvalue weighted by Crippen LogP contribution is 2.43. The van der Waals surface area contributed by atoms with Crippen LogP contribution in [0.15, 0.2) is 255 Å². The van der Waals surface area contributed by atoms with Gasteiger partial charge in [0.05, 0.1) is 33.4 Å². The van der Waals surface area contributed by atoms with Crippen molar-refractivity contribution in [3.05, 3.63) is 255 Å². The summed E-state index contributed by atoms with van der Waals surface area (Å²) in [7, 11) is -2.97. The quantitative estimate of drug-likeness (QED) is 0.107. The van der Waals surface area contributed by atoms with Crippen molar-refractivity contribution in [1.82, 2.24) is 9.13 Å². The molecule has 0 saturated heterocycles. The number of nitrogens with zero attached hydrogens (tertiary/aromatic N) is 2. The average molecular weight is 819 g/mol. The maximum absolute atomic E-state index is 2.97. The van der Waals surface area contributed by atoms with Crippen LogP contribution in [0.5, 0.6) is 0 Å². The summed E-state index contributed by atoms with van der Waals surface area (Å²) >= 11 is 0. The summed E-state index contributed by atoms with van der Waals surface area (Å²) in [6.45, 7) is 0. The lowest BCUT2D eigenvalue weighted by molar-refractivity contribution is 1.13. The molecule has 0 bridgehead atoms. The Hall–Kier alpha value is -7.98. The smallest absolute Gasteiger partial charge is 0.180 e. The molecule has 2 aromatic heterocycles. The molecule has 0 fully saturated rings. The van der Waals surface area contributed by atoms with Gasteiger partial charge in [-0.3, -0.25) is 0 Å². The fourth-order valence-electron chi connectivity index (χ4n) is 10.5. The minimum absolute atomic E-state index is 1.14. The zero-order valence-corrected chi connectivity index (χ0v) is 35.6. The first kappa shape index (κ1) is 36.8. The van der Waals surface area contributed by atoms with Gasteiger partial charge in [-0.2, -0.15) is 0 Å². The van der Waals surface area contributed by atoms with Crippen LogP contribution in [0.4, 0.5) is 0 Å². The summed E-state index contributed by atoms with van der Waals surface area (Å²) in [4.78, 5) is 0. The molecular formula is C60H42N2Si. The molecule has 0 radical (unpaired) electrons. The Morgan fingerprint density at radius 3 is 1.37 bits per heavy atom. The molecule has 0 atom stereocenters. The van der Waals surface area contributed by atoms with Gasteiger partial charge in [0.25, 0.3) is 0 Å². The molecule has 0 aliphatic rings. The third kappa shape index (κ3) is 5.71. The van der Waals surface area contributed by atoms with Gasteiger partial charge in [-0.05, 0) is 67.8 Å². The second-order valence-corrected chi connectivity index (χ2v) is 20.1. The van der Waals surface area contributed by atoms with E-state index < -0.39 is 8.07 Å². The van der Waals surface area contributed by atoms with E-state index in [4.69, 9.17) is 0 Å². The molecule has 0 amide bonds. The Labute approximate surface area is 368 Å². The van der Waals surface area contributed by atoms with Gasteiger partial charge in [0.15, 0.2) is 8.07 Å². The highest BCUT2D eigenvalue weighted by molar-refractivity contribution is 7.20. The molecule has 296 valence electrons. The molecular weight excluding hydrogens is 777 g/mol. The van der Waals surface area contributed by atoms with E-state index in [0.29, 0.717) is 0 Å². The van der Waals surface area contributed by atoms with Crippen LogP contribution in [0, 0.1) is 0 Å². The predicted molar refractivity (Wildman–Crippen MR) is 270 cm³/mol. The normalized spacial score (nSPS) is 11.8. The van der Waals surface area contributed by atoms with Crippen LogP contribution < -0.4 is 20.7 Å². The van der Waals surface area contributed by atoms with Crippen LogP contribution in [0.3, 0.4) is 0 Å². The van der Waals surface area contributed by atoms with Crippen LogP contribution in [0.25, 0.3) is 77.2 Å². The monoisotopic (exact) mass is 818 g/mol. The average Bonchev–Trinajstić information content (AvgIpc) is 3.89. The molecule has 10 aromatic carbocycles. The number of hydrogen-bond acceptors (Lipinski definition) is 0. The Balaban J connectivity index is 1.25. The van der Waals surface area contributed by atoms with E-state index in [9.17, 15) is 0 Å². The zero-order chi connectivity index (χ0) is 41.7. The molecule has 0 aliphatic carbocycles. The van der Waals surface area contributed by atoms with Crippen molar-refractivity contribution in [2.75, 3.05) is 0 Å². The number of rotatable bonds is 8. The first-order valence-corrected chi connectivity index (χ1v) is 23.8. The lowest BCUT2D eigenvalue weighted by Crippen LogP contribution is -2.75. The van der Waals surface area contributed by atoms with Crippen molar-refractivity contribution >= 4 is 72.4 Å². The molecule has 0 unspecified atom stereocenters. The second-order valence-electron chi connectivity index (χ2n) is 16.4. The van der Waals surface area contributed by atoms with Crippen LogP contribution in [0.1, 0.15) is 0 Å². The van der Waals surface area contributed by atoms with Gasteiger partial charge in [-0.25, -0.2) is 0 Å². The minimum Gasteiger partial charge on any atom is -0.307 e. The minimum atomic E-state index is -2.97. The van der Waals surface area contributed by atoms with Gasteiger partial charge in [-0.15, -0.1) is 0 Å². The molecule has 0 saturated carbocycles. The van der Waals surface area contributed by atoms with Gasteiger partial charge in [0.2, 0.25) is 0 Å². The number of aromatic nitrogens is 2. The second kappa shape index (κ2) is 15.2. The van der Waals surface area contributed by atoms with E-state index in [1.807, 2.05) is 0 Å². The van der Waals surface area contributed by atoms with Crippen molar-refractivity contribution in [3.8, 4) is 33.6 Å². The summed E-state index contributed by atoms with van der Waals surface area (Å²) in [6.07, 6.45) is 0. The number of hydrogen-bond donors (Lipinski definition) is 0. The van der Waals surface area contributed by atoms with Gasteiger partial charge < -0.3 is 9.13 Å². The van der Waals surface area contributed by atoms with E-state index in [-0.39, 0.29) is 0 Å². The fourth-order valence-corrected chi connectivity index (χ4v) is 15.5. The topological polar surface area (TPSA) is 9.86 Å². The van der Waals surface area contributed by atoms with E-state index in [1.54, 1.807) is 0 Å². The van der Waals surface area contributed by atoms with E-state index in [2.05, 4.69) is 264 Å². The van der Waals surface area contributed by atoms with Crippen molar-refractivity contribution in [3.63, 3.8) is 0 Å². The molecule has 2 nitrogen and oxygen atoms in total. The zero-order valence-electron chi connectivity index (χ0n) is 34.6. The van der Waals surface area contributed by atoms with Crippen LogP contribution >= 0.6 is 0 Å². The Morgan fingerprint density at radius 1 is 0.286 bits per heavy atom. The number of para-hydroxylation sites is 4. The van der Waals surface area contributed by atoms with E-state index in [0.717, 1.165) is 11.4 Å². The van der Waals surface area contributed by atoms with Gasteiger partial charge >= 0.3 is 0 Å². The maximum atomic E-state index is 2.54. The summed E-state index contributed by atoms with van der Waals surface area (Å²) < 4.78 is 5.05. The lowest BCUT2D eigenvalue weighted by atomic mass is 9.99. The van der Waals surface area contributed by atoms with E-state index >= 15 is 0 Å². The number of fused-ring (bicyclic) bond motifs is 6. The highest BCUT2D eigenvalue weighted by Gasteiger charge is 2.43. The standard InChI is InChI=1S/C60H42N2Si/c1-6-23-43(24-7-1)48-33-16-19-37-52(48)62-53-38-20-17-34-49(53)50-36-22-40-56(60(50)62)61-54-39-21-18-35-51(54)59-55(61)41-42-57(58(59)44-25-8-2-9-26-44)63(45-27-10-3-11-28-45,46-29-12-4-13-30-46)47-31-14-5-15-32-47/h1-42H. The lowest BCUT2D eigenvalue weighted by Gasteiger charge is -2.36. The summed E-state index contributed by atoms with van der Waals surface area (Å²) in [5.74, 6) is 0. The first-order chi connectivity index (χ1) is 31.3. The molecule has 3 heteroatoms. The Bertz CT molecular complexity index is 3500. The van der Waals surface area contributed by atoms with E-state index in [1.165, 1.54) is 86.6 Å². The van der Waals surface area contributed by atoms with Gasteiger partial charge in [-0.1, -0.05) is 224 Å². The Kier molecular flexibility index (Phi) is 8.87. The molecule has 0 N–H and O–H groups in total. The van der Waals surface area contributed by atoms with Crippen LogP contribution in [0.2, 0.25) is 0 Å². The van der Waals surface area contributed by atoms with Crippen molar-refractivity contribution in [1.29, 1.82) is 0 Å². The summed E-state index contributed by atoms with van der Waals surface area (Å²) in [5, 5.41) is 10.4. The summed E-state index contributed by atoms with van der Waals surface area (Å²) in [5.41, 5.74) is 11.9. The largest absolute Gasteiger partial charge is 0.307 e. The third-order valence-electron chi connectivity index (χ3n) is 13.1. The SMILES string of the molecule is c1ccc(-c2ccccc2-n2c3ccccc3c3cccc(-n4c5ccccc5c5c(-c6ccccc6)c([Si](c6ccccc6)(c6ccccc6)c6ccccc6)ccc54)c32)cc1.